The summed E-state index contributed by atoms with van der Waals surface area (Å²) in [6.45, 7) is 3.02. The molecule has 2 rings (SSSR count). The van der Waals surface area contributed by atoms with Crippen molar-refractivity contribution in [3.8, 4) is 0 Å². The van der Waals surface area contributed by atoms with E-state index in [-0.39, 0.29) is 12.1 Å². The number of amides is 1. The number of anilines is 1. The molecule has 0 unspecified atom stereocenters. The summed E-state index contributed by atoms with van der Waals surface area (Å²) in [7, 11) is 0. The highest BCUT2D eigenvalue weighted by Gasteiger charge is 2.12. The first kappa shape index (κ1) is 17.7. The summed E-state index contributed by atoms with van der Waals surface area (Å²) in [6, 6.07) is 8.16. The largest absolute Gasteiger partial charge is 0.454 e. The zero-order chi connectivity index (χ0) is 17.7. The molecule has 7 heteroatoms. The van der Waals surface area contributed by atoms with Crippen molar-refractivity contribution in [2.24, 2.45) is 0 Å². The van der Waals surface area contributed by atoms with Gasteiger partial charge in [0.25, 0.3) is 11.5 Å². The van der Waals surface area contributed by atoms with Crippen molar-refractivity contribution in [1.82, 2.24) is 4.57 Å². The van der Waals surface area contributed by atoms with E-state index in [0.29, 0.717) is 10.7 Å². The van der Waals surface area contributed by atoms with Gasteiger partial charge < -0.3 is 14.6 Å². The van der Waals surface area contributed by atoms with Crippen molar-refractivity contribution in [1.29, 1.82) is 0 Å². The topological polar surface area (TPSA) is 77.4 Å². The molecule has 0 aliphatic rings. The van der Waals surface area contributed by atoms with Gasteiger partial charge in [-0.3, -0.25) is 14.4 Å². The van der Waals surface area contributed by atoms with Gasteiger partial charge in [-0.2, -0.15) is 0 Å². The van der Waals surface area contributed by atoms with Crippen molar-refractivity contribution >= 4 is 29.2 Å². The van der Waals surface area contributed by atoms with E-state index >= 15 is 0 Å². The number of carbonyl (C=O) groups excluding carboxylic acids is 2. The summed E-state index contributed by atoms with van der Waals surface area (Å²) in [6.07, 6.45) is 1.47. The molecule has 0 saturated heterocycles. The van der Waals surface area contributed by atoms with Crippen LogP contribution in [0.15, 0.2) is 41.3 Å². The van der Waals surface area contributed by atoms with Crippen molar-refractivity contribution < 1.29 is 14.3 Å². The van der Waals surface area contributed by atoms with Gasteiger partial charge in [0.05, 0.1) is 10.7 Å². The SMILES string of the molecule is Cc1cc(C)c(NC(=O)COC(=O)Cn2ccccc2=O)c(Cl)c1. The van der Waals surface area contributed by atoms with Crippen LogP contribution in [0.5, 0.6) is 0 Å². The lowest BCUT2D eigenvalue weighted by atomic mass is 10.1. The highest BCUT2D eigenvalue weighted by molar-refractivity contribution is 6.34. The molecule has 1 heterocycles. The Morgan fingerprint density at radius 1 is 1.25 bits per heavy atom. The van der Waals surface area contributed by atoms with Crippen LogP contribution in [0.25, 0.3) is 0 Å². The van der Waals surface area contributed by atoms with E-state index in [4.69, 9.17) is 16.3 Å². The lowest BCUT2D eigenvalue weighted by Gasteiger charge is -2.12. The van der Waals surface area contributed by atoms with Crippen LogP contribution < -0.4 is 10.9 Å². The van der Waals surface area contributed by atoms with Crippen LogP contribution in [-0.4, -0.2) is 23.1 Å². The Morgan fingerprint density at radius 3 is 2.67 bits per heavy atom. The summed E-state index contributed by atoms with van der Waals surface area (Å²) >= 11 is 6.11. The summed E-state index contributed by atoms with van der Waals surface area (Å²) in [5.41, 5.74) is 1.97. The molecular formula is C17H17ClN2O4. The number of ether oxygens (including phenoxy) is 1. The van der Waals surface area contributed by atoms with Gasteiger partial charge in [0, 0.05) is 12.3 Å². The molecule has 0 spiro atoms. The van der Waals surface area contributed by atoms with Gasteiger partial charge in [-0.15, -0.1) is 0 Å². The molecule has 126 valence electrons. The number of pyridine rings is 1. The summed E-state index contributed by atoms with van der Waals surface area (Å²) in [5, 5.41) is 3.04. The molecule has 0 aliphatic carbocycles. The number of rotatable bonds is 5. The smallest absolute Gasteiger partial charge is 0.326 e. The predicted octanol–water partition coefficient (Wildman–Crippen LogP) is 2.30. The lowest BCUT2D eigenvalue weighted by molar-refractivity contribution is -0.147. The minimum absolute atomic E-state index is 0.253. The first-order chi connectivity index (χ1) is 11.4. The van der Waals surface area contributed by atoms with Crippen molar-refractivity contribution in [3.63, 3.8) is 0 Å². The second-order valence-corrected chi connectivity index (χ2v) is 5.72. The Morgan fingerprint density at radius 2 is 2.00 bits per heavy atom. The summed E-state index contributed by atoms with van der Waals surface area (Å²) in [5.74, 6) is -1.18. The average molecular weight is 349 g/mol. The van der Waals surface area contributed by atoms with Crippen LogP contribution in [0.3, 0.4) is 0 Å². The molecule has 2 aromatic rings. The minimum atomic E-state index is -0.676. The van der Waals surface area contributed by atoms with Crippen molar-refractivity contribution in [2.75, 3.05) is 11.9 Å². The molecular weight excluding hydrogens is 332 g/mol. The van der Waals surface area contributed by atoms with Crippen LogP contribution in [0, 0.1) is 13.8 Å². The summed E-state index contributed by atoms with van der Waals surface area (Å²) < 4.78 is 6.08. The van der Waals surface area contributed by atoms with E-state index < -0.39 is 18.5 Å². The van der Waals surface area contributed by atoms with E-state index in [1.54, 1.807) is 18.2 Å². The molecule has 1 amide bonds. The van der Waals surface area contributed by atoms with Crippen LogP contribution in [0.4, 0.5) is 5.69 Å². The van der Waals surface area contributed by atoms with Gasteiger partial charge in [0.2, 0.25) is 0 Å². The molecule has 0 atom stereocenters. The molecule has 1 aromatic carbocycles. The maximum Gasteiger partial charge on any atom is 0.326 e. The standard InChI is InChI=1S/C17H17ClN2O4/c1-11-7-12(2)17(13(18)8-11)19-14(21)10-24-16(23)9-20-6-4-3-5-15(20)22/h3-8H,9-10H2,1-2H3,(H,19,21). The van der Waals surface area contributed by atoms with Crippen molar-refractivity contribution in [3.05, 3.63) is 63.0 Å². The first-order valence-corrected chi connectivity index (χ1v) is 7.62. The highest BCUT2D eigenvalue weighted by Crippen LogP contribution is 2.27. The third-order valence-electron chi connectivity index (χ3n) is 3.26. The minimum Gasteiger partial charge on any atom is -0.454 e. The fraction of sp³-hybridized carbons (Fsp3) is 0.235. The number of hydrogen-bond donors (Lipinski definition) is 1. The number of nitrogens with one attached hydrogen (secondary N) is 1. The van der Waals surface area contributed by atoms with E-state index in [9.17, 15) is 14.4 Å². The Balaban J connectivity index is 1.91. The molecule has 0 saturated carbocycles. The number of esters is 1. The number of nitrogens with zero attached hydrogens (tertiary/aromatic N) is 1. The monoisotopic (exact) mass is 348 g/mol. The van der Waals surface area contributed by atoms with E-state index in [0.717, 1.165) is 11.1 Å². The fourth-order valence-corrected chi connectivity index (χ4v) is 2.54. The van der Waals surface area contributed by atoms with E-state index in [1.165, 1.54) is 16.8 Å². The number of benzene rings is 1. The van der Waals surface area contributed by atoms with Gasteiger partial charge in [-0.05, 0) is 37.1 Å². The Kier molecular flexibility index (Phi) is 5.76. The zero-order valence-electron chi connectivity index (χ0n) is 13.3. The maximum absolute atomic E-state index is 11.9. The molecule has 0 bridgehead atoms. The normalized spacial score (nSPS) is 10.3. The van der Waals surface area contributed by atoms with Crippen LogP contribution in [0.2, 0.25) is 5.02 Å². The number of hydrogen-bond acceptors (Lipinski definition) is 4. The van der Waals surface area contributed by atoms with Crippen LogP contribution in [0.1, 0.15) is 11.1 Å². The fourth-order valence-electron chi connectivity index (χ4n) is 2.17. The van der Waals surface area contributed by atoms with E-state index in [2.05, 4.69) is 5.32 Å². The number of halogens is 1. The van der Waals surface area contributed by atoms with E-state index in [1.807, 2.05) is 19.9 Å². The van der Waals surface area contributed by atoms with Crippen LogP contribution >= 0.6 is 11.6 Å². The third kappa shape index (κ3) is 4.70. The molecule has 6 nitrogen and oxygen atoms in total. The Labute approximate surface area is 144 Å². The number of aryl methyl sites for hydroxylation is 2. The average Bonchev–Trinajstić information content (AvgIpc) is 2.51. The molecule has 1 aromatic heterocycles. The first-order valence-electron chi connectivity index (χ1n) is 7.24. The predicted molar refractivity (Wildman–Crippen MR) is 91.2 cm³/mol. The van der Waals surface area contributed by atoms with Crippen LogP contribution in [-0.2, 0) is 20.9 Å². The van der Waals surface area contributed by atoms with Gasteiger partial charge in [-0.25, -0.2) is 0 Å². The van der Waals surface area contributed by atoms with Gasteiger partial charge in [0.15, 0.2) is 6.61 Å². The molecule has 0 aliphatic heterocycles. The van der Waals surface area contributed by atoms with Gasteiger partial charge in [0.1, 0.15) is 6.54 Å². The molecule has 0 radical (unpaired) electrons. The Hall–Kier alpha value is -2.60. The van der Waals surface area contributed by atoms with Gasteiger partial charge >= 0.3 is 5.97 Å². The molecule has 24 heavy (non-hydrogen) atoms. The second-order valence-electron chi connectivity index (χ2n) is 5.31. The lowest BCUT2D eigenvalue weighted by Crippen LogP contribution is -2.27. The highest BCUT2D eigenvalue weighted by atomic mass is 35.5. The third-order valence-corrected chi connectivity index (χ3v) is 3.56. The maximum atomic E-state index is 11.9. The van der Waals surface area contributed by atoms with Gasteiger partial charge in [-0.1, -0.05) is 23.7 Å². The number of aromatic nitrogens is 1. The quantitative estimate of drug-likeness (QED) is 0.841. The van der Waals surface area contributed by atoms with Crippen molar-refractivity contribution in [2.45, 2.75) is 20.4 Å². The Bertz CT molecular complexity index is 806. The molecule has 0 fully saturated rings. The summed E-state index contributed by atoms with van der Waals surface area (Å²) in [4.78, 5) is 35.1. The molecule has 1 N–H and O–H groups in total. The zero-order valence-corrected chi connectivity index (χ0v) is 14.1. The second kappa shape index (κ2) is 7.79. The number of carbonyl (C=O) groups is 2.